The number of primary amides is 2. The van der Waals surface area contributed by atoms with Crippen molar-refractivity contribution in [2.45, 2.75) is 63.7 Å². The van der Waals surface area contributed by atoms with Gasteiger partial charge in [0.25, 0.3) is 0 Å². The third-order valence-corrected chi connectivity index (χ3v) is 5.19. The van der Waals surface area contributed by atoms with Crippen molar-refractivity contribution in [1.29, 1.82) is 0 Å². The van der Waals surface area contributed by atoms with Gasteiger partial charge in [-0.25, -0.2) is 4.79 Å². The maximum absolute atomic E-state index is 12.9. The van der Waals surface area contributed by atoms with Crippen LogP contribution in [0.1, 0.15) is 39.5 Å². The molecule has 0 aromatic carbocycles. The number of aliphatic carboxylic acids is 1. The van der Waals surface area contributed by atoms with E-state index >= 15 is 0 Å². The molecule has 0 aliphatic carbocycles. The maximum atomic E-state index is 12.9. The average molecular weight is 491 g/mol. The second-order valence-electron chi connectivity index (χ2n) is 7.75. The first kappa shape index (κ1) is 30.1. The van der Waals surface area contributed by atoms with Crippen LogP contribution in [-0.4, -0.2) is 76.8 Å². The average Bonchev–Trinajstić information content (AvgIpc) is 2.70. The van der Waals surface area contributed by atoms with Gasteiger partial charge in [-0.15, -0.1) is 0 Å². The third kappa shape index (κ3) is 12.1. The van der Waals surface area contributed by atoms with Crippen molar-refractivity contribution in [3.05, 3.63) is 0 Å². The number of thioether (sulfide) groups is 1. The highest BCUT2D eigenvalue weighted by Crippen LogP contribution is 2.07. The first-order chi connectivity index (χ1) is 15.3. The van der Waals surface area contributed by atoms with Crippen molar-refractivity contribution in [1.82, 2.24) is 16.0 Å². The molecule has 0 aliphatic heterocycles. The van der Waals surface area contributed by atoms with Gasteiger partial charge in [-0.2, -0.15) is 11.8 Å². The smallest absolute Gasteiger partial charge is 0.326 e. The van der Waals surface area contributed by atoms with Crippen molar-refractivity contribution in [3.8, 4) is 0 Å². The molecule has 33 heavy (non-hydrogen) atoms. The Hall–Kier alpha value is -2.87. The Labute approximate surface area is 196 Å². The van der Waals surface area contributed by atoms with Crippen molar-refractivity contribution < 1.29 is 33.9 Å². The summed E-state index contributed by atoms with van der Waals surface area (Å²) in [6.45, 7) is 3.25. The van der Waals surface area contributed by atoms with Gasteiger partial charge in [0.05, 0.1) is 12.5 Å². The number of amides is 5. The predicted octanol–water partition coefficient (Wildman–Crippen LogP) is -2.60. The number of hydrogen-bond acceptors (Lipinski definition) is 8. The minimum absolute atomic E-state index is 0.181. The van der Waals surface area contributed by atoms with E-state index in [9.17, 15) is 33.9 Å². The minimum Gasteiger partial charge on any atom is -0.480 e. The van der Waals surface area contributed by atoms with Crippen LogP contribution >= 0.6 is 11.8 Å². The molecule has 0 rings (SSSR count). The van der Waals surface area contributed by atoms with Crippen LogP contribution in [0.3, 0.4) is 0 Å². The lowest BCUT2D eigenvalue weighted by molar-refractivity contribution is -0.143. The molecule has 0 saturated carbocycles. The van der Waals surface area contributed by atoms with E-state index in [1.165, 1.54) is 11.8 Å². The molecular formula is C19H34N6O7S. The number of carbonyl (C=O) groups excluding carboxylic acids is 5. The van der Waals surface area contributed by atoms with Crippen LogP contribution in [0.4, 0.5) is 0 Å². The normalized spacial score (nSPS) is 14.5. The van der Waals surface area contributed by atoms with Gasteiger partial charge in [0.2, 0.25) is 29.5 Å². The Bertz CT molecular complexity index is 733. The first-order valence-electron chi connectivity index (χ1n) is 10.2. The number of rotatable bonds is 16. The third-order valence-electron chi connectivity index (χ3n) is 4.54. The molecule has 0 bridgehead atoms. The Balaban J connectivity index is 5.52. The van der Waals surface area contributed by atoms with E-state index < -0.39 is 72.0 Å². The standard InChI is InChI=1S/C19H34N6O7S/c1-9(2)15(19(31)32)25-18(30)12(6-7-33-3)24-17(29)11(4-5-13(21)26)23-16(28)10(20)8-14(22)27/h9-12,15H,4-8,20H2,1-3H3,(H2,21,26)(H2,22,27)(H,23,28)(H,24,29)(H,25,30)(H,31,32). The highest BCUT2D eigenvalue weighted by atomic mass is 32.2. The van der Waals surface area contributed by atoms with Gasteiger partial charge < -0.3 is 38.3 Å². The van der Waals surface area contributed by atoms with Gasteiger partial charge in [0, 0.05) is 6.42 Å². The number of carboxylic acids is 1. The van der Waals surface area contributed by atoms with Crippen LogP contribution in [0.2, 0.25) is 0 Å². The largest absolute Gasteiger partial charge is 0.480 e. The van der Waals surface area contributed by atoms with Crippen LogP contribution < -0.4 is 33.2 Å². The van der Waals surface area contributed by atoms with Gasteiger partial charge in [-0.3, -0.25) is 24.0 Å². The van der Waals surface area contributed by atoms with Gasteiger partial charge in [0.1, 0.15) is 18.1 Å². The van der Waals surface area contributed by atoms with E-state index in [2.05, 4.69) is 16.0 Å². The molecule has 0 spiro atoms. The van der Waals surface area contributed by atoms with E-state index in [0.717, 1.165) is 0 Å². The lowest BCUT2D eigenvalue weighted by Gasteiger charge is -2.25. The molecular weight excluding hydrogens is 456 g/mol. The number of hydrogen-bond donors (Lipinski definition) is 7. The van der Waals surface area contributed by atoms with Crippen molar-refractivity contribution >= 4 is 47.3 Å². The molecule has 4 unspecified atom stereocenters. The zero-order valence-electron chi connectivity index (χ0n) is 19.0. The monoisotopic (exact) mass is 490 g/mol. The fraction of sp³-hybridized carbons (Fsp3) is 0.684. The Morgan fingerprint density at radius 2 is 1.36 bits per heavy atom. The van der Waals surface area contributed by atoms with Crippen LogP contribution in [0, 0.1) is 5.92 Å². The predicted molar refractivity (Wildman–Crippen MR) is 121 cm³/mol. The quantitative estimate of drug-likeness (QED) is 0.120. The molecule has 0 radical (unpaired) electrons. The Morgan fingerprint density at radius 1 is 0.848 bits per heavy atom. The van der Waals surface area contributed by atoms with E-state index in [-0.39, 0.29) is 19.3 Å². The van der Waals surface area contributed by atoms with Crippen LogP contribution in [0.15, 0.2) is 0 Å². The number of carbonyl (C=O) groups is 6. The summed E-state index contributed by atoms with van der Waals surface area (Å²) in [7, 11) is 0. The summed E-state index contributed by atoms with van der Waals surface area (Å²) in [5.41, 5.74) is 15.7. The highest BCUT2D eigenvalue weighted by Gasteiger charge is 2.31. The second kappa shape index (κ2) is 15.1. The van der Waals surface area contributed by atoms with E-state index in [4.69, 9.17) is 17.2 Å². The Morgan fingerprint density at radius 3 is 1.82 bits per heavy atom. The highest BCUT2D eigenvalue weighted by molar-refractivity contribution is 7.98. The molecule has 10 N–H and O–H groups in total. The van der Waals surface area contributed by atoms with Crippen molar-refractivity contribution in [2.75, 3.05) is 12.0 Å². The molecule has 188 valence electrons. The minimum atomic E-state index is -1.32. The molecule has 0 saturated heterocycles. The zero-order valence-corrected chi connectivity index (χ0v) is 19.8. The molecule has 0 aliphatic rings. The molecule has 13 nitrogen and oxygen atoms in total. The van der Waals surface area contributed by atoms with Gasteiger partial charge >= 0.3 is 5.97 Å². The number of carboxylic acid groups (broad SMARTS) is 1. The SMILES string of the molecule is CSCCC(NC(=O)C(CCC(N)=O)NC(=O)C(N)CC(N)=O)C(=O)NC(C(=O)O)C(C)C. The fourth-order valence-electron chi connectivity index (χ4n) is 2.69. The lowest BCUT2D eigenvalue weighted by atomic mass is 10.0. The van der Waals surface area contributed by atoms with Gasteiger partial charge in [-0.1, -0.05) is 13.8 Å². The van der Waals surface area contributed by atoms with Crippen LogP contribution in [-0.2, 0) is 28.8 Å². The summed E-state index contributed by atoms with van der Waals surface area (Å²) in [4.78, 5) is 71.4. The summed E-state index contributed by atoms with van der Waals surface area (Å²) < 4.78 is 0. The van der Waals surface area contributed by atoms with E-state index in [1.54, 1.807) is 20.1 Å². The Kier molecular flexibility index (Phi) is 13.7. The van der Waals surface area contributed by atoms with Gasteiger partial charge in [-0.05, 0) is 30.8 Å². The van der Waals surface area contributed by atoms with Crippen molar-refractivity contribution in [2.24, 2.45) is 23.1 Å². The molecule has 5 amide bonds. The number of nitrogens with two attached hydrogens (primary N) is 3. The fourth-order valence-corrected chi connectivity index (χ4v) is 3.16. The zero-order chi connectivity index (χ0) is 25.7. The summed E-state index contributed by atoms with van der Waals surface area (Å²) in [5.74, 6) is -5.04. The topological polar surface area (TPSA) is 237 Å². The lowest BCUT2D eigenvalue weighted by Crippen LogP contribution is -2.58. The molecule has 4 atom stereocenters. The second-order valence-corrected chi connectivity index (χ2v) is 8.74. The van der Waals surface area contributed by atoms with E-state index in [0.29, 0.717) is 5.75 Å². The first-order valence-corrected chi connectivity index (χ1v) is 11.6. The molecule has 0 aromatic rings. The number of nitrogens with one attached hydrogen (secondary N) is 3. The molecule has 0 heterocycles. The van der Waals surface area contributed by atoms with Crippen molar-refractivity contribution in [3.63, 3.8) is 0 Å². The summed E-state index contributed by atoms with van der Waals surface area (Å²) >= 11 is 1.41. The molecule has 14 heteroatoms. The maximum Gasteiger partial charge on any atom is 0.326 e. The van der Waals surface area contributed by atoms with E-state index in [1.807, 2.05) is 0 Å². The van der Waals surface area contributed by atoms with Crippen LogP contribution in [0.25, 0.3) is 0 Å². The molecule has 0 fully saturated rings. The molecule has 0 aromatic heterocycles. The summed E-state index contributed by atoms with van der Waals surface area (Å²) in [6.07, 6.45) is 1.08. The summed E-state index contributed by atoms with van der Waals surface area (Å²) in [6, 6.07) is -4.86. The van der Waals surface area contributed by atoms with Gasteiger partial charge in [0.15, 0.2) is 0 Å². The van der Waals surface area contributed by atoms with Crippen LogP contribution in [0.5, 0.6) is 0 Å². The summed E-state index contributed by atoms with van der Waals surface area (Å²) in [5, 5.41) is 16.5.